The van der Waals surface area contributed by atoms with E-state index in [1.54, 1.807) is 0 Å². The first-order valence-corrected chi connectivity index (χ1v) is 11.0. The van der Waals surface area contributed by atoms with Gasteiger partial charge in [0.05, 0.1) is 5.70 Å². The van der Waals surface area contributed by atoms with E-state index in [1.807, 2.05) is 0 Å². The third-order valence-corrected chi connectivity index (χ3v) is 5.13. The molecule has 0 bridgehead atoms. The molecule has 0 saturated carbocycles. The molecule has 156 valence electrons. The van der Waals surface area contributed by atoms with Crippen molar-refractivity contribution < 1.29 is 14.4 Å². The minimum Gasteiger partial charge on any atom is -0.395 e. The van der Waals surface area contributed by atoms with Crippen molar-refractivity contribution >= 4 is 17.3 Å². The van der Waals surface area contributed by atoms with E-state index >= 15 is 0 Å². The smallest absolute Gasteiger partial charge is 0.249 e. The van der Waals surface area contributed by atoms with Gasteiger partial charge in [-0.3, -0.25) is 14.4 Å². The normalized spacial score (nSPS) is 14.5. The van der Waals surface area contributed by atoms with Crippen LogP contribution in [0.5, 0.6) is 0 Å². The lowest BCUT2D eigenvalue weighted by Gasteiger charge is -2.09. The molecule has 0 heterocycles. The number of nitrogens with two attached hydrogens (primary N) is 1. The molecular weight excluding hydrogens is 350 g/mol. The molecule has 4 nitrogen and oxygen atoms in total. The SMILES string of the molecule is CCCCCCCC/C=C\CCCCCCCC(=O)C1=C(N)C(=O)C(=O)C=C1. The largest absolute Gasteiger partial charge is 0.395 e. The maximum absolute atomic E-state index is 12.1. The molecule has 2 N–H and O–H groups in total. The summed E-state index contributed by atoms with van der Waals surface area (Å²) in [6.07, 6.45) is 23.2. The Labute approximate surface area is 170 Å². The summed E-state index contributed by atoms with van der Waals surface area (Å²) in [5.74, 6) is -1.57. The van der Waals surface area contributed by atoms with E-state index in [-0.39, 0.29) is 17.1 Å². The Morgan fingerprint density at radius 1 is 0.821 bits per heavy atom. The van der Waals surface area contributed by atoms with Crippen LogP contribution in [0.1, 0.15) is 96.8 Å². The van der Waals surface area contributed by atoms with Crippen LogP contribution < -0.4 is 5.73 Å². The Morgan fingerprint density at radius 3 is 1.96 bits per heavy atom. The summed E-state index contributed by atoms with van der Waals surface area (Å²) in [7, 11) is 0. The zero-order valence-electron chi connectivity index (χ0n) is 17.5. The second kappa shape index (κ2) is 15.0. The van der Waals surface area contributed by atoms with E-state index < -0.39 is 11.6 Å². The number of ketones is 3. The van der Waals surface area contributed by atoms with Crippen molar-refractivity contribution in [2.75, 3.05) is 0 Å². The van der Waals surface area contributed by atoms with Crippen LogP contribution in [0, 0.1) is 0 Å². The Hall–Kier alpha value is -1.97. The van der Waals surface area contributed by atoms with Crippen molar-refractivity contribution in [3.8, 4) is 0 Å². The third kappa shape index (κ3) is 9.82. The molecular formula is C24H37NO3. The summed E-state index contributed by atoms with van der Waals surface area (Å²) >= 11 is 0. The van der Waals surface area contributed by atoms with Crippen molar-refractivity contribution in [2.45, 2.75) is 96.8 Å². The lowest BCUT2D eigenvalue weighted by atomic mass is 9.95. The highest BCUT2D eigenvalue weighted by atomic mass is 16.2. The second-order valence-corrected chi connectivity index (χ2v) is 7.61. The van der Waals surface area contributed by atoms with Crippen LogP contribution >= 0.6 is 0 Å². The molecule has 0 amide bonds. The van der Waals surface area contributed by atoms with Crippen molar-refractivity contribution in [2.24, 2.45) is 5.73 Å². The number of unbranched alkanes of at least 4 members (excludes halogenated alkanes) is 11. The van der Waals surface area contributed by atoms with E-state index in [9.17, 15) is 14.4 Å². The molecule has 1 aliphatic carbocycles. The predicted molar refractivity (Wildman–Crippen MR) is 115 cm³/mol. The highest BCUT2D eigenvalue weighted by Gasteiger charge is 2.24. The first kappa shape index (κ1) is 24.1. The van der Waals surface area contributed by atoms with Crippen molar-refractivity contribution in [3.63, 3.8) is 0 Å². The summed E-state index contributed by atoms with van der Waals surface area (Å²) in [4.78, 5) is 34.9. The summed E-state index contributed by atoms with van der Waals surface area (Å²) in [5, 5.41) is 0. The van der Waals surface area contributed by atoms with Crippen LogP contribution in [0.15, 0.2) is 35.6 Å². The van der Waals surface area contributed by atoms with E-state index in [0.717, 1.165) is 31.8 Å². The van der Waals surface area contributed by atoms with Gasteiger partial charge in [0.2, 0.25) is 11.6 Å². The van der Waals surface area contributed by atoms with Crippen molar-refractivity contribution in [3.05, 3.63) is 35.6 Å². The molecule has 0 aromatic carbocycles. The molecule has 1 rings (SSSR count). The number of Topliss-reactive ketones (excluding diaryl/α,β-unsaturated/α-hetero) is 2. The molecule has 0 aromatic heterocycles. The number of hydrogen-bond donors (Lipinski definition) is 1. The van der Waals surface area contributed by atoms with Gasteiger partial charge < -0.3 is 5.73 Å². The third-order valence-electron chi connectivity index (χ3n) is 5.13. The topological polar surface area (TPSA) is 77.2 Å². The van der Waals surface area contributed by atoms with Gasteiger partial charge in [0, 0.05) is 12.0 Å². The van der Waals surface area contributed by atoms with Gasteiger partial charge in [-0.15, -0.1) is 0 Å². The molecule has 0 aliphatic heterocycles. The molecule has 0 saturated heterocycles. The lowest BCUT2D eigenvalue weighted by Crippen LogP contribution is -2.26. The van der Waals surface area contributed by atoms with Crippen LogP contribution in [-0.4, -0.2) is 17.3 Å². The number of carbonyl (C=O) groups is 3. The van der Waals surface area contributed by atoms with Crippen LogP contribution in [0.3, 0.4) is 0 Å². The molecule has 28 heavy (non-hydrogen) atoms. The van der Waals surface area contributed by atoms with Gasteiger partial charge in [0.25, 0.3) is 0 Å². The molecule has 0 fully saturated rings. The van der Waals surface area contributed by atoms with Gasteiger partial charge in [0.15, 0.2) is 5.78 Å². The molecule has 0 spiro atoms. The minimum absolute atomic E-state index is 0.146. The summed E-state index contributed by atoms with van der Waals surface area (Å²) in [6.45, 7) is 2.25. The van der Waals surface area contributed by atoms with E-state index in [4.69, 9.17) is 5.73 Å². The highest BCUT2D eigenvalue weighted by Crippen LogP contribution is 2.16. The van der Waals surface area contributed by atoms with Crippen molar-refractivity contribution in [1.82, 2.24) is 0 Å². The summed E-state index contributed by atoms with van der Waals surface area (Å²) in [6, 6.07) is 0. The average Bonchev–Trinajstić information content (AvgIpc) is 2.69. The zero-order valence-corrected chi connectivity index (χ0v) is 17.5. The number of rotatable bonds is 16. The van der Waals surface area contributed by atoms with Gasteiger partial charge in [-0.1, -0.05) is 70.4 Å². The highest BCUT2D eigenvalue weighted by molar-refractivity contribution is 6.49. The van der Waals surface area contributed by atoms with Gasteiger partial charge in [0.1, 0.15) is 0 Å². The Balaban J connectivity index is 1.99. The Morgan fingerprint density at radius 2 is 1.36 bits per heavy atom. The zero-order chi connectivity index (χ0) is 20.6. The molecule has 1 aliphatic rings. The molecule has 0 atom stereocenters. The predicted octanol–water partition coefficient (Wildman–Crippen LogP) is 5.51. The number of carbonyl (C=O) groups excluding carboxylic acids is 3. The lowest BCUT2D eigenvalue weighted by molar-refractivity contribution is -0.131. The molecule has 0 radical (unpaired) electrons. The number of allylic oxidation sites excluding steroid dienone is 6. The van der Waals surface area contributed by atoms with Crippen LogP contribution in [0.4, 0.5) is 0 Å². The fourth-order valence-electron chi connectivity index (χ4n) is 3.31. The quantitative estimate of drug-likeness (QED) is 0.164. The van der Waals surface area contributed by atoms with Crippen LogP contribution in [0.25, 0.3) is 0 Å². The average molecular weight is 388 g/mol. The fraction of sp³-hybridized carbons (Fsp3) is 0.625. The number of hydrogen-bond acceptors (Lipinski definition) is 4. The maximum atomic E-state index is 12.1. The molecule has 0 aromatic rings. The van der Waals surface area contributed by atoms with Gasteiger partial charge in [-0.2, -0.15) is 0 Å². The maximum Gasteiger partial charge on any atom is 0.249 e. The fourth-order valence-corrected chi connectivity index (χ4v) is 3.31. The minimum atomic E-state index is -0.768. The van der Waals surface area contributed by atoms with E-state index in [0.29, 0.717) is 6.42 Å². The van der Waals surface area contributed by atoms with Crippen LogP contribution in [-0.2, 0) is 14.4 Å². The second-order valence-electron chi connectivity index (χ2n) is 7.61. The monoisotopic (exact) mass is 387 g/mol. The first-order chi connectivity index (χ1) is 13.6. The van der Waals surface area contributed by atoms with Gasteiger partial charge >= 0.3 is 0 Å². The Kier molecular flexibility index (Phi) is 12.9. The first-order valence-electron chi connectivity index (χ1n) is 11.0. The molecule has 4 heteroatoms. The van der Waals surface area contributed by atoms with Crippen molar-refractivity contribution in [1.29, 1.82) is 0 Å². The standard InChI is InChI=1S/C24H37NO3/c1-2-3-4-5-6-7-8-9-10-11-12-13-14-15-16-17-21(26)20-18-19-22(27)24(28)23(20)25/h9-10,18-19H,2-8,11-17,25H2,1H3/b10-9-. The summed E-state index contributed by atoms with van der Waals surface area (Å²) in [5.41, 5.74) is 5.59. The van der Waals surface area contributed by atoms with Gasteiger partial charge in [-0.25, -0.2) is 0 Å². The van der Waals surface area contributed by atoms with Gasteiger partial charge in [-0.05, 0) is 44.3 Å². The Bertz CT molecular complexity index is 599. The van der Waals surface area contributed by atoms with E-state index in [1.165, 1.54) is 63.9 Å². The van der Waals surface area contributed by atoms with E-state index in [2.05, 4.69) is 19.1 Å². The molecule has 0 unspecified atom stereocenters. The summed E-state index contributed by atoms with van der Waals surface area (Å²) < 4.78 is 0. The van der Waals surface area contributed by atoms with Crippen LogP contribution in [0.2, 0.25) is 0 Å².